The van der Waals surface area contributed by atoms with Crippen LogP contribution in [0.5, 0.6) is 0 Å². The van der Waals surface area contributed by atoms with E-state index in [9.17, 15) is 14.0 Å². The van der Waals surface area contributed by atoms with E-state index in [0.717, 1.165) is 16.0 Å². The van der Waals surface area contributed by atoms with Crippen LogP contribution in [0, 0.1) is 5.82 Å². The second-order valence-electron chi connectivity index (χ2n) is 7.21. The quantitative estimate of drug-likeness (QED) is 0.318. The average Bonchev–Trinajstić information content (AvgIpc) is 3.32. The first-order valence-corrected chi connectivity index (χ1v) is 11.1. The molecule has 0 N–H and O–H groups in total. The van der Waals surface area contributed by atoms with E-state index in [1.165, 1.54) is 23.1 Å². The lowest BCUT2D eigenvalue weighted by molar-refractivity contribution is -0.138. The van der Waals surface area contributed by atoms with Crippen molar-refractivity contribution < 1.29 is 14.0 Å². The summed E-state index contributed by atoms with van der Waals surface area (Å²) in [5.74, 6) is -0.774. The van der Waals surface area contributed by atoms with E-state index in [1.807, 2.05) is 47.8 Å². The average molecular weight is 449 g/mol. The molecule has 0 saturated carbocycles. The molecule has 0 unspecified atom stereocenters. The zero-order valence-corrected chi connectivity index (χ0v) is 18.5. The number of nitrogens with zero attached hydrogens (tertiary/aromatic N) is 2. The Morgan fingerprint density at radius 2 is 1.69 bits per heavy atom. The maximum atomic E-state index is 13.3. The molecule has 0 atom stereocenters. The predicted molar refractivity (Wildman–Crippen MR) is 127 cm³/mol. The van der Waals surface area contributed by atoms with Crippen LogP contribution in [-0.4, -0.2) is 34.7 Å². The van der Waals surface area contributed by atoms with Gasteiger partial charge in [0.2, 0.25) is 11.8 Å². The van der Waals surface area contributed by atoms with Gasteiger partial charge in [-0.1, -0.05) is 54.6 Å². The van der Waals surface area contributed by atoms with E-state index in [-0.39, 0.29) is 30.7 Å². The van der Waals surface area contributed by atoms with Crippen LogP contribution in [0.15, 0.2) is 90.8 Å². The number of rotatable bonds is 10. The fourth-order valence-corrected chi connectivity index (χ4v) is 3.84. The van der Waals surface area contributed by atoms with Gasteiger partial charge < -0.3 is 9.80 Å². The van der Waals surface area contributed by atoms with Crippen LogP contribution >= 0.6 is 11.3 Å². The summed E-state index contributed by atoms with van der Waals surface area (Å²) in [6.07, 6.45) is 4.80. The largest absolute Gasteiger partial charge is 0.332 e. The van der Waals surface area contributed by atoms with Crippen molar-refractivity contribution in [3.05, 3.63) is 113 Å². The van der Waals surface area contributed by atoms with Gasteiger partial charge in [-0.3, -0.25) is 9.59 Å². The molecular formula is C26H25FN2O2S. The van der Waals surface area contributed by atoms with Crippen LogP contribution in [-0.2, 0) is 22.7 Å². The molecule has 0 spiro atoms. The van der Waals surface area contributed by atoms with Gasteiger partial charge in [0, 0.05) is 24.0 Å². The van der Waals surface area contributed by atoms with E-state index in [2.05, 4.69) is 6.58 Å². The fourth-order valence-electron chi connectivity index (χ4n) is 3.12. The third-order valence-corrected chi connectivity index (χ3v) is 5.63. The third-order valence-electron chi connectivity index (χ3n) is 4.77. The van der Waals surface area contributed by atoms with E-state index in [1.54, 1.807) is 40.5 Å². The Bertz CT molecular complexity index is 1050. The molecule has 0 aliphatic heterocycles. The summed E-state index contributed by atoms with van der Waals surface area (Å²) in [7, 11) is 0. The van der Waals surface area contributed by atoms with Gasteiger partial charge in [0.25, 0.3) is 0 Å². The highest BCUT2D eigenvalue weighted by molar-refractivity contribution is 7.09. The molecule has 2 aromatic carbocycles. The van der Waals surface area contributed by atoms with Gasteiger partial charge in [0.1, 0.15) is 12.4 Å². The van der Waals surface area contributed by atoms with E-state index >= 15 is 0 Å². The summed E-state index contributed by atoms with van der Waals surface area (Å²) < 4.78 is 13.3. The summed E-state index contributed by atoms with van der Waals surface area (Å²) in [5.41, 5.74) is 1.73. The van der Waals surface area contributed by atoms with Crippen LogP contribution in [0.3, 0.4) is 0 Å². The molecule has 3 rings (SSSR count). The molecule has 0 saturated heterocycles. The van der Waals surface area contributed by atoms with Gasteiger partial charge >= 0.3 is 0 Å². The lowest BCUT2D eigenvalue weighted by atomic mass is 10.2. The van der Waals surface area contributed by atoms with Crippen LogP contribution in [0.4, 0.5) is 4.39 Å². The maximum Gasteiger partial charge on any atom is 0.247 e. The highest BCUT2D eigenvalue weighted by atomic mass is 32.1. The number of halogens is 1. The third kappa shape index (κ3) is 7.03. The fraction of sp³-hybridized carbons (Fsp3) is 0.154. The Balaban J connectivity index is 1.73. The van der Waals surface area contributed by atoms with Crippen molar-refractivity contribution >= 4 is 29.2 Å². The Morgan fingerprint density at radius 1 is 0.938 bits per heavy atom. The first kappa shape index (κ1) is 23.2. The summed E-state index contributed by atoms with van der Waals surface area (Å²) in [4.78, 5) is 30.1. The van der Waals surface area contributed by atoms with Gasteiger partial charge in [-0.25, -0.2) is 4.39 Å². The molecule has 3 aromatic rings. The van der Waals surface area contributed by atoms with Gasteiger partial charge in [-0.15, -0.1) is 17.9 Å². The van der Waals surface area contributed by atoms with Crippen molar-refractivity contribution in [1.82, 2.24) is 9.80 Å². The minimum Gasteiger partial charge on any atom is -0.332 e. The van der Waals surface area contributed by atoms with Gasteiger partial charge in [0.15, 0.2) is 0 Å². The maximum absolute atomic E-state index is 13.3. The van der Waals surface area contributed by atoms with Crippen molar-refractivity contribution in [3.8, 4) is 0 Å². The number of hydrogen-bond acceptors (Lipinski definition) is 3. The lowest BCUT2D eigenvalue weighted by Gasteiger charge is -2.26. The number of amides is 2. The number of benzene rings is 2. The predicted octanol–water partition coefficient (Wildman–Crippen LogP) is 5.14. The Morgan fingerprint density at radius 3 is 2.34 bits per heavy atom. The Labute approximate surface area is 191 Å². The normalized spacial score (nSPS) is 10.8. The first-order valence-electron chi connectivity index (χ1n) is 10.2. The van der Waals surface area contributed by atoms with Crippen LogP contribution in [0.25, 0.3) is 6.08 Å². The second-order valence-corrected chi connectivity index (χ2v) is 8.24. The van der Waals surface area contributed by atoms with Gasteiger partial charge in [0.05, 0.1) is 6.54 Å². The zero-order valence-electron chi connectivity index (χ0n) is 17.7. The standard InChI is InChI=1S/C26H25FN2O2S/c1-2-16-28(25(30)15-12-21-7-4-3-5-8-21)20-26(31)29(19-24-9-6-17-32-24)18-22-10-13-23(27)14-11-22/h2-15,17H,1,16,18-20H2. The van der Waals surface area contributed by atoms with Gasteiger partial charge in [-0.2, -0.15) is 0 Å². The van der Waals surface area contributed by atoms with Crippen molar-refractivity contribution in [1.29, 1.82) is 0 Å². The molecule has 0 bridgehead atoms. The molecule has 0 aliphatic rings. The molecule has 164 valence electrons. The summed E-state index contributed by atoms with van der Waals surface area (Å²) >= 11 is 1.56. The molecule has 32 heavy (non-hydrogen) atoms. The van der Waals surface area contributed by atoms with Crippen LogP contribution < -0.4 is 0 Å². The molecule has 0 fully saturated rings. The Hall–Kier alpha value is -3.51. The van der Waals surface area contributed by atoms with Crippen LogP contribution in [0.2, 0.25) is 0 Å². The zero-order chi connectivity index (χ0) is 22.8. The molecule has 1 heterocycles. The molecule has 2 amide bonds. The number of carbonyl (C=O) groups is 2. The molecule has 0 radical (unpaired) electrons. The molecule has 1 aromatic heterocycles. The van der Waals surface area contributed by atoms with Gasteiger partial charge in [-0.05, 0) is 40.8 Å². The molecule has 6 heteroatoms. The Kier molecular flexibility index (Phi) is 8.52. The van der Waals surface area contributed by atoms with Crippen molar-refractivity contribution in [2.45, 2.75) is 13.1 Å². The highest BCUT2D eigenvalue weighted by Gasteiger charge is 2.20. The molecular weight excluding hydrogens is 423 g/mol. The minimum atomic E-state index is -0.321. The topological polar surface area (TPSA) is 40.6 Å². The SMILES string of the molecule is C=CCN(CC(=O)N(Cc1ccc(F)cc1)Cc1cccs1)C(=O)C=Cc1ccccc1. The second kappa shape index (κ2) is 11.8. The van der Waals surface area contributed by atoms with Crippen molar-refractivity contribution in [3.63, 3.8) is 0 Å². The van der Waals surface area contributed by atoms with E-state index in [0.29, 0.717) is 13.1 Å². The summed E-state index contributed by atoms with van der Waals surface area (Å²) in [6.45, 7) is 4.64. The number of carbonyl (C=O) groups excluding carboxylic acids is 2. The number of hydrogen-bond donors (Lipinski definition) is 0. The minimum absolute atomic E-state index is 0.0729. The monoisotopic (exact) mass is 448 g/mol. The van der Waals surface area contributed by atoms with E-state index < -0.39 is 0 Å². The smallest absolute Gasteiger partial charge is 0.247 e. The van der Waals surface area contributed by atoms with Crippen molar-refractivity contribution in [2.24, 2.45) is 0 Å². The number of thiophene rings is 1. The van der Waals surface area contributed by atoms with Crippen molar-refractivity contribution in [2.75, 3.05) is 13.1 Å². The lowest BCUT2D eigenvalue weighted by Crippen LogP contribution is -2.42. The van der Waals surface area contributed by atoms with Crippen LogP contribution in [0.1, 0.15) is 16.0 Å². The molecule has 0 aliphatic carbocycles. The molecule has 4 nitrogen and oxygen atoms in total. The summed E-state index contributed by atoms with van der Waals surface area (Å²) in [6, 6.07) is 19.5. The highest BCUT2D eigenvalue weighted by Crippen LogP contribution is 2.16. The first-order chi connectivity index (χ1) is 15.5. The van der Waals surface area contributed by atoms with E-state index in [4.69, 9.17) is 0 Å². The summed E-state index contributed by atoms with van der Waals surface area (Å²) in [5, 5.41) is 1.96.